The summed E-state index contributed by atoms with van der Waals surface area (Å²) in [5, 5.41) is 4.56. The van der Waals surface area contributed by atoms with Crippen LogP contribution in [0.1, 0.15) is 24.1 Å². The number of pyridine rings is 1. The van der Waals surface area contributed by atoms with Crippen molar-refractivity contribution in [1.29, 1.82) is 0 Å². The van der Waals surface area contributed by atoms with Crippen LogP contribution in [0.2, 0.25) is 0 Å². The first-order valence-electron chi connectivity index (χ1n) is 9.26. The van der Waals surface area contributed by atoms with E-state index in [1.165, 1.54) is 0 Å². The number of ether oxygens (including phenoxy) is 3. The van der Waals surface area contributed by atoms with Gasteiger partial charge in [0.2, 0.25) is 5.88 Å². The van der Waals surface area contributed by atoms with Gasteiger partial charge in [0.25, 0.3) is 0 Å². The number of nitrogens with zero attached hydrogens (tertiary/aromatic N) is 4. The fourth-order valence-corrected chi connectivity index (χ4v) is 3.73. The van der Waals surface area contributed by atoms with Gasteiger partial charge in [0, 0.05) is 39.5 Å². The highest BCUT2D eigenvalue weighted by Crippen LogP contribution is 2.29. The average molecular weight is 358 g/mol. The SMILES string of the molecule is Cc1nn(C)c(Oc2cccnc2)c1CN1CCO[C@H]([C@H]2CCCO2)C1. The fourth-order valence-electron chi connectivity index (χ4n) is 3.73. The summed E-state index contributed by atoms with van der Waals surface area (Å²) < 4.78 is 19.7. The average Bonchev–Trinajstić information content (AvgIpc) is 3.28. The Morgan fingerprint density at radius 1 is 1.27 bits per heavy atom. The first kappa shape index (κ1) is 17.5. The van der Waals surface area contributed by atoms with Crippen LogP contribution in [0.3, 0.4) is 0 Å². The summed E-state index contributed by atoms with van der Waals surface area (Å²) in [5.74, 6) is 1.49. The molecule has 4 rings (SSSR count). The van der Waals surface area contributed by atoms with E-state index < -0.39 is 0 Å². The number of rotatable bonds is 5. The Kier molecular flexibility index (Phi) is 5.19. The fraction of sp³-hybridized carbons (Fsp3) is 0.579. The van der Waals surface area contributed by atoms with Crippen molar-refractivity contribution in [2.45, 2.75) is 38.5 Å². The molecule has 2 aliphatic heterocycles. The molecule has 0 aliphatic carbocycles. The molecule has 0 N–H and O–H groups in total. The Morgan fingerprint density at radius 2 is 2.15 bits per heavy atom. The van der Waals surface area contributed by atoms with Crippen molar-refractivity contribution in [3.63, 3.8) is 0 Å². The van der Waals surface area contributed by atoms with Gasteiger partial charge in [-0.15, -0.1) is 0 Å². The van der Waals surface area contributed by atoms with Crippen molar-refractivity contribution < 1.29 is 14.2 Å². The van der Waals surface area contributed by atoms with E-state index in [1.807, 2.05) is 26.1 Å². The maximum absolute atomic E-state index is 6.08. The van der Waals surface area contributed by atoms with E-state index in [2.05, 4.69) is 15.0 Å². The Labute approximate surface area is 153 Å². The normalized spacial score (nSPS) is 24.1. The van der Waals surface area contributed by atoms with Gasteiger partial charge < -0.3 is 14.2 Å². The second kappa shape index (κ2) is 7.73. The van der Waals surface area contributed by atoms with Crippen LogP contribution >= 0.6 is 0 Å². The topological polar surface area (TPSA) is 61.6 Å². The van der Waals surface area contributed by atoms with Crippen molar-refractivity contribution in [2.24, 2.45) is 7.05 Å². The largest absolute Gasteiger partial charge is 0.437 e. The third kappa shape index (κ3) is 3.75. The van der Waals surface area contributed by atoms with Gasteiger partial charge in [-0.05, 0) is 31.9 Å². The van der Waals surface area contributed by atoms with Gasteiger partial charge >= 0.3 is 0 Å². The molecule has 0 unspecified atom stereocenters. The molecule has 2 fully saturated rings. The minimum atomic E-state index is 0.158. The van der Waals surface area contributed by atoms with E-state index >= 15 is 0 Å². The van der Waals surface area contributed by atoms with Crippen molar-refractivity contribution in [1.82, 2.24) is 19.7 Å². The Morgan fingerprint density at radius 3 is 2.92 bits per heavy atom. The van der Waals surface area contributed by atoms with Crippen molar-refractivity contribution in [3.8, 4) is 11.6 Å². The molecule has 2 aromatic rings. The number of morpholine rings is 1. The summed E-state index contributed by atoms with van der Waals surface area (Å²) in [6, 6.07) is 3.77. The highest BCUT2D eigenvalue weighted by Gasteiger charge is 2.32. The lowest BCUT2D eigenvalue weighted by atomic mass is 10.1. The van der Waals surface area contributed by atoms with Gasteiger partial charge in [0.15, 0.2) is 0 Å². The molecule has 0 spiro atoms. The molecule has 7 nitrogen and oxygen atoms in total. The van der Waals surface area contributed by atoms with E-state index in [0.717, 1.165) is 68.6 Å². The molecule has 0 bridgehead atoms. The molecule has 26 heavy (non-hydrogen) atoms. The van der Waals surface area contributed by atoms with Crippen LogP contribution in [-0.2, 0) is 23.1 Å². The molecule has 0 amide bonds. The summed E-state index contributed by atoms with van der Waals surface area (Å²) in [6.07, 6.45) is 6.08. The molecule has 2 aromatic heterocycles. The van der Waals surface area contributed by atoms with Crippen LogP contribution in [0.4, 0.5) is 0 Å². The van der Waals surface area contributed by atoms with Gasteiger partial charge in [-0.3, -0.25) is 9.88 Å². The van der Waals surface area contributed by atoms with Crippen LogP contribution < -0.4 is 4.74 Å². The lowest BCUT2D eigenvalue weighted by molar-refractivity contribution is -0.0960. The lowest BCUT2D eigenvalue weighted by Gasteiger charge is -2.35. The van der Waals surface area contributed by atoms with Gasteiger partial charge in [0.1, 0.15) is 5.75 Å². The standard InChI is InChI=1S/C19H26N4O3/c1-14-16(19(22(2)21-14)26-15-5-3-7-20-11-15)12-23-8-10-25-18(13-23)17-6-4-9-24-17/h3,5,7,11,17-18H,4,6,8-10,12-13H2,1-2H3/t17-,18+/m1/s1. The van der Waals surface area contributed by atoms with E-state index in [-0.39, 0.29) is 12.2 Å². The molecular formula is C19H26N4O3. The molecule has 2 saturated heterocycles. The van der Waals surface area contributed by atoms with E-state index in [1.54, 1.807) is 17.1 Å². The van der Waals surface area contributed by atoms with Crippen molar-refractivity contribution in [2.75, 3.05) is 26.3 Å². The number of hydrogen-bond acceptors (Lipinski definition) is 6. The van der Waals surface area contributed by atoms with Crippen molar-refractivity contribution >= 4 is 0 Å². The zero-order chi connectivity index (χ0) is 17.9. The van der Waals surface area contributed by atoms with Crippen molar-refractivity contribution in [3.05, 3.63) is 35.8 Å². The Hall–Kier alpha value is -1.96. The number of aromatic nitrogens is 3. The number of hydrogen-bond donors (Lipinski definition) is 0. The molecule has 0 aromatic carbocycles. The molecule has 4 heterocycles. The first-order chi connectivity index (χ1) is 12.7. The van der Waals surface area contributed by atoms with Crippen LogP contribution in [0.15, 0.2) is 24.5 Å². The molecular weight excluding hydrogens is 332 g/mol. The highest BCUT2D eigenvalue weighted by molar-refractivity contribution is 5.34. The summed E-state index contributed by atoms with van der Waals surface area (Å²) in [6.45, 7) is 6.21. The van der Waals surface area contributed by atoms with Gasteiger partial charge in [0.05, 0.1) is 36.3 Å². The lowest BCUT2D eigenvalue weighted by Crippen LogP contribution is -2.47. The van der Waals surface area contributed by atoms with Crippen LogP contribution in [0.25, 0.3) is 0 Å². The molecule has 0 radical (unpaired) electrons. The molecule has 2 atom stereocenters. The van der Waals surface area contributed by atoms with Crippen LogP contribution in [0.5, 0.6) is 11.6 Å². The predicted octanol–water partition coefficient (Wildman–Crippen LogP) is 2.30. The molecule has 140 valence electrons. The van der Waals surface area contributed by atoms with Gasteiger partial charge in [-0.25, -0.2) is 4.68 Å². The maximum atomic E-state index is 6.08. The second-order valence-electron chi connectivity index (χ2n) is 6.98. The maximum Gasteiger partial charge on any atom is 0.222 e. The Balaban J connectivity index is 1.48. The summed E-state index contributed by atoms with van der Waals surface area (Å²) >= 11 is 0. The van der Waals surface area contributed by atoms with E-state index in [0.29, 0.717) is 0 Å². The number of aryl methyl sites for hydroxylation is 2. The highest BCUT2D eigenvalue weighted by atomic mass is 16.5. The summed E-state index contributed by atoms with van der Waals surface area (Å²) in [4.78, 5) is 6.53. The van der Waals surface area contributed by atoms with Crippen LogP contribution in [-0.4, -0.2) is 58.2 Å². The molecule has 0 saturated carbocycles. The third-order valence-electron chi connectivity index (χ3n) is 5.08. The zero-order valence-electron chi connectivity index (χ0n) is 15.4. The summed E-state index contributed by atoms with van der Waals surface area (Å²) in [5.41, 5.74) is 2.11. The smallest absolute Gasteiger partial charge is 0.222 e. The van der Waals surface area contributed by atoms with Gasteiger partial charge in [-0.1, -0.05) is 0 Å². The quantitative estimate of drug-likeness (QED) is 0.817. The third-order valence-corrected chi connectivity index (χ3v) is 5.08. The Bertz CT molecular complexity index is 728. The summed E-state index contributed by atoms with van der Waals surface area (Å²) in [7, 11) is 1.91. The monoisotopic (exact) mass is 358 g/mol. The molecule has 2 aliphatic rings. The zero-order valence-corrected chi connectivity index (χ0v) is 15.4. The first-order valence-corrected chi connectivity index (χ1v) is 9.26. The minimum Gasteiger partial charge on any atom is -0.437 e. The minimum absolute atomic E-state index is 0.158. The van der Waals surface area contributed by atoms with Crippen LogP contribution in [0, 0.1) is 6.92 Å². The van der Waals surface area contributed by atoms with Gasteiger partial charge in [-0.2, -0.15) is 5.10 Å². The van der Waals surface area contributed by atoms with E-state index in [4.69, 9.17) is 14.2 Å². The molecule has 7 heteroatoms. The second-order valence-corrected chi connectivity index (χ2v) is 6.98. The van der Waals surface area contributed by atoms with E-state index in [9.17, 15) is 0 Å². The predicted molar refractivity (Wildman–Crippen MR) is 96.2 cm³/mol.